The minimum absolute atomic E-state index is 0.0459. The molecule has 0 saturated carbocycles. The maximum atomic E-state index is 13.5. The molecule has 3 rings (SSSR count). The maximum absolute atomic E-state index is 13.5. The number of amides is 2. The molecule has 3 aromatic rings. The molecule has 1 N–H and O–H groups in total. The average Bonchev–Trinajstić information content (AvgIpc) is 2.87. The molecule has 0 unspecified atom stereocenters. The first-order chi connectivity index (χ1) is 16.6. The zero-order chi connectivity index (χ0) is 24.2. The van der Waals surface area contributed by atoms with Crippen molar-refractivity contribution in [1.82, 2.24) is 10.2 Å². The molecule has 1 atom stereocenters. The van der Waals surface area contributed by atoms with Crippen molar-refractivity contribution in [1.29, 1.82) is 0 Å². The van der Waals surface area contributed by atoms with E-state index < -0.39 is 6.04 Å². The van der Waals surface area contributed by atoms with Crippen molar-refractivity contribution in [3.05, 3.63) is 107 Å². The van der Waals surface area contributed by atoms with Crippen LogP contribution < -0.4 is 5.32 Å². The third-order valence-electron chi connectivity index (χ3n) is 5.42. The van der Waals surface area contributed by atoms with Gasteiger partial charge in [0.2, 0.25) is 11.8 Å². The predicted molar refractivity (Wildman–Crippen MR) is 142 cm³/mol. The van der Waals surface area contributed by atoms with Crippen molar-refractivity contribution in [2.45, 2.75) is 38.1 Å². The van der Waals surface area contributed by atoms with Crippen molar-refractivity contribution < 1.29 is 9.59 Å². The number of hydrogen-bond acceptors (Lipinski definition) is 3. The number of carbonyl (C=O) groups excluding carboxylic acids is 2. The van der Waals surface area contributed by atoms with Gasteiger partial charge in [0.1, 0.15) is 6.04 Å². The Morgan fingerprint density at radius 3 is 2.12 bits per heavy atom. The number of hydrogen-bond donors (Lipinski definition) is 1. The molecule has 0 saturated heterocycles. The number of rotatable bonds is 12. The van der Waals surface area contributed by atoms with E-state index in [-0.39, 0.29) is 11.8 Å². The Bertz CT molecular complexity index is 1030. The zero-order valence-corrected chi connectivity index (χ0v) is 21.0. The summed E-state index contributed by atoms with van der Waals surface area (Å²) >= 11 is 7.52. The summed E-state index contributed by atoms with van der Waals surface area (Å²) < 4.78 is 0. The van der Waals surface area contributed by atoms with E-state index >= 15 is 0 Å². The number of halogens is 1. The van der Waals surface area contributed by atoms with Crippen LogP contribution in [-0.2, 0) is 28.3 Å². The average molecular weight is 495 g/mol. The second-order valence-corrected chi connectivity index (χ2v) is 9.55. The Labute approximate surface area is 211 Å². The fraction of sp³-hybridized carbons (Fsp3) is 0.286. The Morgan fingerprint density at radius 1 is 0.882 bits per heavy atom. The van der Waals surface area contributed by atoms with E-state index in [2.05, 4.69) is 5.32 Å². The molecule has 0 aliphatic carbocycles. The van der Waals surface area contributed by atoms with Crippen molar-refractivity contribution in [3.63, 3.8) is 0 Å². The zero-order valence-electron chi connectivity index (χ0n) is 19.5. The molecular weight excluding hydrogens is 464 g/mol. The summed E-state index contributed by atoms with van der Waals surface area (Å²) in [5.74, 6) is 0.836. The van der Waals surface area contributed by atoms with Crippen LogP contribution in [0.2, 0.25) is 5.02 Å². The number of carbonyl (C=O) groups is 2. The van der Waals surface area contributed by atoms with Gasteiger partial charge in [-0.2, -0.15) is 0 Å². The highest BCUT2D eigenvalue weighted by atomic mass is 35.5. The van der Waals surface area contributed by atoms with E-state index in [1.807, 2.05) is 91.9 Å². The molecule has 178 valence electrons. The van der Waals surface area contributed by atoms with Gasteiger partial charge in [0.15, 0.2) is 0 Å². The lowest BCUT2D eigenvalue weighted by Gasteiger charge is -2.31. The van der Waals surface area contributed by atoms with Gasteiger partial charge in [-0.25, -0.2) is 0 Å². The summed E-state index contributed by atoms with van der Waals surface area (Å²) in [5, 5.41) is 3.70. The lowest BCUT2D eigenvalue weighted by Crippen LogP contribution is -2.51. The van der Waals surface area contributed by atoms with Crippen LogP contribution in [0.4, 0.5) is 0 Å². The van der Waals surface area contributed by atoms with Crippen LogP contribution >= 0.6 is 23.4 Å². The van der Waals surface area contributed by atoms with Gasteiger partial charge >= 0.3 is 0 Å². The SMILES string of the molecule is CCCNC(=O)[C@@H](Cc1ccccc1)N(Cc1ccccc1)C(=O)CSCc1ccc(Cl)cc1. The first-order valence-corrected chi connectivity index (χ1v) is 13.1. The van der Waals surface area contributed by atoms with Crippen LogP contribution in [-0.4, -0.2) is 35.1 Å². The molecular formula is C28H31ClN2O2S. The van der Waals surface area contributed by atoms with E-state index in [0.29, 0.717) is 36.0 Å². The summed E-state index contributed by atoms with van der Waals surface area (Å²) in [4.78, 5) is 28.5. The number of nitrogens with one attached hydrogen (secondary N) is 1. The molecule has 2 amide bonds. The van der Waals surface area contributed by atoms with Crippen molar-refractivity contribution in [2.75, 3.05) is 12.3 Å². The smallest absolute Gasteiger partial charge is 0.243 e. The molecule has 6 heteroatoms. The second kappa shape index (κ2) is 13.8. The lowest BCUT2D eigenvalue weighted by molar-refractivity contribution is -0.139. The third kappa shape index (κ3) is 8.23. The van der Waals surface area contributed by atoms with Crippen LogP contribution in [0.1, 0.15) is 30.0 Å². The normalized spacial score (nSPS) is 11.6. The summed E-state index contributed by atoms with van der Waals surface area (Å²) in [6, 6.07) is 26.8. The molecule has 0 spiro atoms. The second-order valence-electron chi connectivity index (χ2n) is 8.12. The third-order valence-corrected chi connectivity index (χ3v) is 6.66. The van der Waals surface area contributed by atoms with Crippen LogP contribution in [0.3, 0.4) is 0 Å². The van der Waals surface area contributed by atoms with Crippen molar-refractivity contribution >= 4 is 35.2 Å². The molecule has 0 aliphatic heterocycles. The van der Waals surface area contributed by atoms with Gasteiger partial charge in [0.25, 0.3) is 0 Å². The fourth-order valence-electron chi connectivity index (χ4n) is 3.62. The summed E-state index contributed by atoms with van der Waals surface area (Å²) in [6.07, 6.45) is 1.31. The van der Waals surface area contributed by atoms with Gasteiger partial charge < -0.3 is 10.2 Å². The quantitative estimate of drug-likeness (QED) is 0.349. The van der Waals surface area contributed by atoms with E-state index in [9.17, 15) is 9.59 Å². The number of benzene rings is 3. The monoisotopic (exact) mass is 494 g/mol. The lowest BCUT2D eigenvalue weighted by atomic mass is 10.0. The Kier molecular flexibility index (Phi) is 10.5. The van der Waals surface area contributed by atoms with Gasteiger partial charge in [-0.05, 0) is 35.2 Å². The molecule has 3 aromatic carbocycles. The summed E-state index contributed by atoms with van der Waals surface area (Å²) in [7, 11) is 0. The molecule has 0 aliphatic rings. The van der Waals surface area contributed by atoms with Crippen LogP contribution in [0.5, 0.6) is 0 Å². The van der Waals surface area contributed by atoms with Crippen molar-refractivity contribution in [3.8, 4) is 0 Å². The fourth-order valence-corrected chi connectivity index (χ4v) is 4.62. The van der Waals surface area contributed by atoms with Crippen LogP contribution in [0.15, 0.2) is 84.9 Å². The highest BCUT2D eigenvalue weighted by molar-refractivity contribution is 7.99. The Morgan fingerprint density at radius 2 is 1.50 bits per heavy atom. The molecule has 0 fully saturated rings. The highest BCUT2D eigenvalue weighted by Gasteiger charge is 2.30. The molecule has 4 nitrogen and oxygen atoms in total. The molecule has 0 bridgehead atoms. The van der Waals surface area contributed by atoms with Gasteiger partial charge in [-0.1, -0.05) is 91.3 Å². The summed E-state index contributed by atoms with van der Waals surface area (Å²) in [6.45, 7) is 2.99. The van der Waals surface area contributed by atoms with E-state index in [1.165, 1.54) is 0 Å². The van der Waals surface area contributed by atoms with Gasteiger partial charge in [0.05, 0.1) is 5.75 Å². The van der Waals surface area contributed by atoms with E-state index in [0.717, 1.165) is 23.1 Å². The largest absolute Gasteiger partial charge is 0.354 e. The minimum Gasteiger partial charge on any atom is -0.354 e. The number of nitrogens with zero attached hydrogens (tertiary/aromatic N) is 1. The molecule has 34 heavy (non-hydrogen) atoms. The Hall–Kier alpha value is -2.76. The van der Waals surface area contributed by atoms with Crippen molar-refractivity contribution in [2.24, 2.45) is 0 Å². The highest BCUT2D eigenvalue weighted by Crippen LogP contribution is 2.19. The topological polar surface area (TPSA) is 49.4 Å². The Balaban J connectivity index is 1.79. The van der Waals surface area contributed by atoms with Gasteiger partial charge in [-0.15, -0.1) is 11.8 Å². The molecule has 0 radical (unpaired) electrons. The van der Waals surface area contributed by atoms with E-state index in [1.54, 1.807) is 16.7 Å². The predicted octanol–water partition coefficient (Wildman–Crippen LogP) is 5.74. The standard InChI is InChI=1S/C28H31ClN2O2S/c1-2-17-30-28(33)26(18-22-9-5-3-6-10-22)31(19-23-11-7-4-8-12-23)27(32)21-34-20-24-13-15-25(29)16-14-24/h3-16,26H,2,17-21H2,1H3,(H,30,33)/t26-/m1/s1. The number of thioether (sulfide) groups is 1. The minimum atomic E-state index is -0.585. The van der Waals surface area contributed by atoms with Gasteiger partial charge in [0, 0.05) is 30.3 Å². The first-order valence-electron chi connectivity index (χ1n) is 11.5. The van der Waals surface area contributed by atoms with Crippen LogP contribution in [0, 0.1) is 0 Å². The van der Waals surface area contributed by atoms with E-state index in [4.69, 9.17) is 11.6 Å². The molecule has 0 heterocycles. The molecule has 0 aromatic heterocycles. The first kappa shape index (κ1) is 25.9. The van der Waals surface area contributed by atoms with Gasteiger partial charge in [-0.3, -0.25) is 9.59 Å². The summed E-state index contributed by atoms with van der Waals surface area (Å²) in [5.41, 5.74) is 3.14. The van der Waals surface area contributed by atoms with Crippen LogP contribution in [0.25, 0.3) is 0 Å². The maximum Gasteiger partial charge on any atom is 0.243 e.